The van der Waals surface area contributed by atoms with Crippen LogP contribution in [0.2, 0.25) is 0 Å². The van der Waals surface area contributed by atoms with Crippen molar-refractivity contribution in [2.45, 2.75) is 27.7 Å². The lowest BCUT2D eigenvalue weighted by atomic mass is 9.88. The summed E-state index contributed by atoms with van der Waals surface area (Å²) in [4.78, 5) is 20.4. The van der Waals surface area contributed by atoms with Crippen LogP contribution in [0, 0.1) is 5.41 Å². The largest absolute Gasteiger partial charge is 0.478 e. The van der Waals surface area contributed by atoms with Gasteiger partial charge in [0.15, 0.2) is 0 Å². The van der Waals surface area contributed by atoms with Crippen molar-refractivity contribution in [2.24, 2.45) is 5.41 Å². The molecule has 0 spiro atoms. The molecule has 0 saturated heterocycles. The number of carbonyl (C=O) groups is 2. The summed E-state index contributed by atoms with van der Waals surface area (Å²) in [5.74, 6) is -1.26. The highest BCUT2D eigenvalue weighted by molar-refractivity contribution is 5.88. The van der Waals surface area contributed by atoms with E-state index in [-0.39, 0.29) is 17.0 Å². The van der Waals surface area contributed by atoms with Gasteiger partial charge in [-0.2, -0.15) is 0 Å². The fourth-order valence-corrected chi connectivity index (χ4v) is 0.429. The molecule has 0 amide bonds. The van der Waals surface area contributed by atoms with Crippen molar-refractivity contribution in [3.8, 4) is 0 Å². The smallest absolute Gasteiger partial charge is 0.333 e. The molecular weight excluding hydrogens is 208 g/mol. The summed E-state index contributed by atoms with van der Waals surface area (Å²) in [6.07, 6.45) is 0. The number of ether oxygens (including phenoxy) is 1. The highest BCUT2D eigenvalue weighted by Crippen LogP contribution is 2.23. The predicted molar refractivity (Wildman–Crippen MR) is 63.1 cm³/mol. The number of aliphatic carboxylic acids is 1. The molecule has 4 heteroatoms. The average molecular weight is 228 g/mol. The van der Waals surface area contributed by atoms with Crippen LogP contribution < -0.4 is 0 Å². The number of hydrogen-bond acceptors (Lipinski definition) is 3. The second-order valence-electron chi connectivity index (χ2n) is 4.31. The van der Waals surface area contributed by atoms with Gasteiger partial charge in [0.25, 0.3) is 0 Å². The molecule has 0 aromatic carbocycles. The standard InChI is InChI=1S/C8H14O2.C4H6O2/c1-6(7(9)10-5)8(2,3)4;1-3(2)4(5)6/h1H2,2-5H3;1H2,2H3,(H,5,6). The van der Waals surface area contributed by atoms with Crippen molar-refractivity contribution < 1.29 is 19.4 Å². The van der Waals surface area contributed by atoms with Gasteiger partial charge in [0.1, 0.15) is 0 Å². The van der Waals surface area contributed by atoms with E-state index in [2.05, 4.69) is 17.9 Å². The molecule has 4 nitrogen and oxygen atoms in total. The second kappa shape index (κ2) is 6.82. The molecule has 0 aliphatic rings. The van der Waals surface area contributed by atoms with Gasteiger partial charge in [-0.3, -0.25) is 0 Å². The van der Waals surface area contributed by atoms with Crippen LogP contribution >= 0.6 is 0 Å². The maximum Gasteiger partial charge on any atom is 0.333 e. The number of carboxylic acid groups (broad SMARTS) is 1. The lowest BCUT2D eigenvalue weighted by Gasteiger charge is -2.18. The molecule has 0 saturated carbocycles. The molecular formula is C12H20O4. The quantitative estimate of drug-likeness (QED) is 0.582. The Morgan fingerprint density at radius 2 is 1.50 bits per heavy atom. The third-order valence-corrected chi connectivity index (χ3v) is 1.70. The lowest BCUT2D eigenvalue weighted by molar-refractivity contribution is -0.137. The number of rotatable bonds is 2. The van der Waals surface area contributed by atoms with Crippen molar-refractivity contribution in [1.29, 1.82) is 0 Å². The minimum Gasteiger partial charge on any atom is -0.478 e. The topological polar surface area (TPSA) is 63.6 Å². The van der Waals surface area contributed by atoms with Gasteiger partial charge >= 0.3 is 11.9 Å². The fourth-order valence-electron chi connectivity index (χ4n) is 0.429. The summed E-state index contributed by atoms with van der Waals surface area (Å²) in [5.41, 5.74) is 0.498. The molecule has 92 valence electrons. The Bertz CT molecular complexity index is 283. The Kier molecular flexibility index (Phi) is 7.18. The number of carboxylic acids is 1. The normalized spacial score (nSPS) is 9.56. The van der Waals surface area contributed by atoms with Gasteiger partial charge in [-0.1, -0.05) is 33.9 Å². The number of hydrogen-bond donors (Lipinski definition) is 1. The van der Waals surface area contributed by atoms with Gasteiger partial charge in [0.05, 0.1) is 7.11 Å². The first-order chi connectivity index (χ1) is 7.03. The minimum atomic E-state index is -0.935. The van der Waals surface area contributed by atoms with Gasteiger partial charge in [0, 0.05) is 11.1 Å². The van der Waals surface area contributed by atoms with Crippen molar-refractivity contribution in [1.82, 2.24) is 0 Å². The van der Waals surface area contributed by atoms with E-state index in [0.29, 0.717) is 5.57 Å². The highest BCUT2D eigenvalue weighted by Gasteiger charge is 2.21. The third kappa shape index (κ3) is 7.79. The summed E-state index contributed by atoms with van der Waals surface area (Å²) >= 11 is 0. The van der Waals surface area contributed by atoms with E-state index in [4.69, 9.17) is 5.11 Å². The van der Waals surface area contributed by atoms with Crippen LogP contribution in [0.25, 0.3) is 0 Å². The molecule has 0 fully saturated rings. The van der Waals surface area contributed by atoms with E-state index >= 15 is 0 Å². The molecule has 0 aliphatic heterocycles. The van der Waals surface area contributed by atoms with E-state index in [1.165, 1.54) is 14.0 Å². The Morgan fingerprint density at radius 3 is 1.56 bits per heavy atom. The van der Waals surface area contributed by atoms with Crippen LogP contribution in [0.4, 0.5) is 0 Å². The zero-order valence-corrected chi connectivity index (χ0v) is 10.6. The van der Waals surface area contributed by atoms with Crippen molar-refractivity contribution in [3.63, 3.8) is 0 Å². The van der Waals surface area contributed by atoms with E-state index in [9.17, 15) is 9.59 Å². The zero-order valence-electron chi connectivity index (χ0n) is 10.6. The second-order valence-corrected chi connectivity index (χ2v) is 4.31. The molecule has 0 aromatic rings. The number of carbonyl (C=O) groups excluding carboxylic acids is 1. The van der Waals surface area contributed by atoms with Crippen LogP contribution in [0.1, 0.15) is 27.7 Å². The Hall–Kier alpha value is -1.58. The zero-order chi connectivity index (χ0) is 13.5. The Morgan fingerprint density at radius 1 is 1.19 bits per heavy atom. The van der Waals surface area contributed by atoms with E-state index in [0.717, 1.165) is 0 Å². The van der Waals surface area contributed by atoms with Crippen molar-refractivity contribution in [2.75, 3.05) is 7.11 Å². The lowest BCUT2D eigenvalue weighted by Crippen LogP contribution is -2.17. The molecule has 0 radical (unpaired) electrons. The van der Waals surface area contributed by atoms with Gasteiger partial charge in [-0.05, 0) is 12.3 Å². The van der Waals surface area contributed by atoms with E-state index in [1.807, 2.05) is 20.8 Å². The maximum absolute atomic E-state index is 10.8. The van der Waals surface area contributed by atoms with E-state index < -0.39 is 5.97 Å². The summed E-state index contributed by atoms with van der Waals surface area (Å²) in [6.45, 7) is 14.0. The van der Waals surface area contributed by atoms with Crippen molar-refractivity contribution >= 4 is 11.9 Å². The molecule has 0 unspecified atom stereocenters. The highest BCUT2D eigenvalue weighted by atomic mass is 16.5. The number of esters is 1. The van der Waals surface area contributed by atoms with Gasteiger partial charge in [-0.15, -0.1) is 0 Å². The summed E-state index contributed by atoms with van der Waals surface area (Å²) in [7, 11) is 1.36. The first kappa shape index (κ1) is 16.8. The third-order valence-electron chi connectivity index (χ3n) is 1.70. The van der Waals surface area contributed by atoms with Gasteiger partial charge in [-0.25, -0.2) is 9.59 Å². The van der Waals surface area contributed by atoms with Crippen LogP contribution in [0.3, 0.4) is 0 Å². The summed E-state index contributed by atoms with van der Waals surface area (Å²) < 4.78 is 4.50. The molecule has 0 aromatic heterocycles. The van der Waals surface area contributed by atoms with Crippen molar-refractivity contribution in [3.05, 3.63) is 24.3 Å². The van der Waals surface area contributed by atoms with Gasteiger partial charge < -0.3 is 9.84 Å². The molecule has 0 atom stereocenters. The molecule has 0 bridgehead atoms. The predicted octanol–water partition coefficient (Wildman–Crippen LogP) is 2.41. The fraction of sp³-hybridized carbons (Fsp3) is 0.500. The van der Waals surface area contributed by atoms with E-state index in [1.54, 1.807) is 0 Å². The minimum absolute atomic E-state index is 0.176. The Balaban J connectivity index is 0. The molecule has 0 rings (SSSR count). The Labute approximate surface area is 96.6 Å². The van der Waals surface area contributed by atoms with Crippen LogP contribution in [-0.2, 0) is 14.3 Å². The molecule has 16 heavy (non-hydrogen) atoms. The van der Waals surface area contributed by atoms with Gasteiger partial charge in [0.2, 0.25) is 0 Å². The van der Waals surface area contributed by atoms with Crippen LogP contribution in [0.5, 0.6) is 0 Å². The molecule has 0 aliphatic carbocycles. The average Bonchev–Trinajstić information content (AvgIpc) is 2.14. The molecule has 0 heterocycles. The summed E-state index contributed by atoms with van der Waals surface area (Å²) in [5, 5.41) is 7.89. The maximum atomic E-state index is 10.8. The van der Waals surface area contributed by atoms with Crippen LogP contribution in [-0.4, -0.2) is 24.2 Å². The molecule has 1 N–H and O–H groups in total. The van der Waals surface area contributed by atoms with Crippen LogP contribution in [0.15, 0.2) is 24.3 Å². The number of methoxy groups -OCH3 is 1. The first-order valence-corrected chi connectivity index (χ1v) is 4.70. The first-order valence-electron chi connectivity index (χ1n) is 4.70. The summed E-state index contributed by atoms with van der Waals surface area (Å²) in [6, 6.07) is 0. The SMILES string of the molecule is C=C(C(=O)OC)C(C)(C)C.C=C(C)C(=O)O. The monoisotopic (exact) mass is 228 g/mol.